The Hall–Kier alpha value is -3.02. The van der Waals surface area contributed by atoms with E-state index in [0.29, 0.717) is 18.1 Å². The predicted octanol–water partition coefficient (Wildman–Crippen LogP) is 3.32. The normalized spacial score (nSPS) is 11.8. The van der Waals surface area contributed by atoms with Gasteiger partial charge in [-0.2, -0.15) is 0 Å². The van der Waals surface area contributed by atoms with E-state index in [1.54, 1.807) is 19.2 Å². The first kappa shape index (κ1) is 19.3. The van der Waals surface area contributed by atoms with Gasteiger partial charge in [-0.15, -0.1) is 0 Å². The number of methoxy groups -OCH3 is 1. The fourth-order valence-electron chi connectivity index (χ4n) is 2.34. The summed E-state index contributed by atoms with van der Waals surface area (Å²) in [4.78, 5) is 17.0. The van der Waals surface area contributed by atoms with Crippen LogP contribution >= 0.6 is 0 Å². The number of amides is 1. The molecule has 6 heteroatoms. The average Bonchev–Trinajstić information content (AvgIpc) is 2.67. The summed E-state index contributed by atoms with van der Waals surface area (Å²) in [6.07, 6.45) is 1.52. The average molecular weight is 356 g/mol. The van der Waals surface area contributed by atoms with E-state index in [4.69, 9.17) is 14.3 Å². The molecular formula is C20H24N2O4. The number of ether oxygens (including phenoxy) is 2. The first-order valence-corrected chi connectivity index (χ1v) is 8.44. The third-order valence-electron chi connectivity index (χ3n) is 3.64. The van der Waals surface area contributed by atoms with Gasteiger partial charge in [-0.25, -0.2) is 0 Å². The molecule has 138 valence electrons. The van der Waals surface area contributed by atoms with E-state index in [1.165, 1.54) is 6.21 Å². The number of nitrogens with one attached hydrogen (secondary N) is 1. The quantitative estimate of drug-likeness (QED) is 0.553. The highest BCUT2D eigenvalue weighted by atomic mass is 16.6. The van der Waals surface area contributed by atoms with Crippen LogP contribution in [-0.2, 0) is 9.63 Å². The largest absolute Gasteiger partial charge is 0.493 e. The van der Waals surface area contributed by atoms with E-state index < -0.39 is 0 Å². The lowest BCUT2D eigenvalue weighted by Gasteiger charge is -2.13. The second kappa shape index (κ2) is 10.1. The van der Waals surface area contributed by atoms with Crippen molar-refractivity contribution in [2.75, 3.05) is 20.3 Å². The molecule has 0 spiro atoms. The minimum Gasteiger partial charge on any atom is -0.493 e. The summed E-state index contributed by atoms with van der Waals surface area (Å²) in [6, 6.07) is 15.1. The molecular weight excluding hydrogens is 332 g/mol. The molecule has 0 aliphatic carbocycles. The summed E-state index contributed by atoms with van der Waals surface area (Å²) in [5, 5.41) is 6.69. The molecule has 1 N–H and O–H groups in total. The molecule has 1 atom stereocenters. The Bertz CT molecular complexity index is 732. The number of oxime groups is 1. The molecule has 2 rings (SSSR count). The SMILES string of the molecule is CCOc1ccc(/C=N\OCC(=O)N[C@H](C)c2ccccc2)cc1OC. The molecule has 1 amide bonds. The van der Waals surface area contributed by atoms with Crippen LogP contribution in [0, 0.1) is 0 Å². The third-order valence-corrected chi connectivity index (χ3v) is 3.64. The van der Waals surface area contributed by atoms with Crippen LogP contribution in [0.4, 0.5) is 0 Å². The molecule has 6 nitrogen and oxygen atoms in total. The van der Waals surface area contributed by atoms with Crippen LogP contribution in [0.25, 0.3) is 0 Å². The molecule has 0 radical (unpaired) electrons. The maximum absolute atomic E-state index is 11.9. The van der Waals surface area contributed by atoms with E-state index in [9.17, 15) is 4.79 Å². The Morgan fingerprint density at radius 2 is 1.96 bits per heavy atom. The predicted molar refractivity (Wildman–Crippen MR) is 101 cm³/mol. The van der Waals surface area contributed by atoms with Gasteiger partial charge in [0.2, 0.25) is 0 Å². The summed E-state index contributed by atoms with van der Waals surface area (Å²) < 4.78 is 10.7. The zero-order chi connectivity index (χ0) is 18.8. The Labute approximate surface area is 153 Å². The first-order chi connectivity index (χ1) is 12.6. The van der Waals surface area contributed by atoms with Gasteiger partial charge in [-0.1, -0.05) is 35.5 Å². The van der Waals surface area contributed by atoms with Crippen LogP contribution in [0.15, 0.2) is 53.7 Å². The number of rotatable bonds is 9. The standard InChI is InChI=1S/C20H24N2O4/c1-4-25-18-11-10-16(12-19(18)24-3)13-21-26-14-20(23)22-15(2)17-8-6-5-7-9-17/h5-13,15H,4,14H2,1-3H3,(H,22,23)/b21-13-/t15-/m1/s1. The van der Waals surface area contributed by atoms with E-state index in [0.717, 1.165) is 11.1 Å². The van der Waals surface area contributed by atoms with Gasteiger partial charge < -0.3 is 19.6 Å². The minimum absolute atomic E-state index is 0.0911. The molecule has 0 unspecified atom stereocenters. The lowest BCUT2D eigenvalue weighted by Crippen LogP contribution is -2.29. The summed E-state index contributed by atoms with van der Waals surface area (Å²) in [7, 11) is 1.58. The molecule has 0 aliphatic heterocycles. The molecule has 26 heavy (non-hydrogen) atoms. The molecule has 0 bridgehead atoms. The highest BCUT2D eigenvalue weighted by Gasteiger charge is 2.09. The van der Waals surface area contributed by atoms with Crippen molar-refractivity contribution in [3.63, 3.8) is 0 Å². The molecule has 0 fully saturated rings. The fourth-order valence-corrected chi connectivity index (χ4v) is 2.34. The summed E-state index contributed by atoms with van der Waals surface area (Å²) in [5.41, 5.74) is 1.81. The van der Waals surface area contributed by atoms with E-state index in [-0.39, 0.29) is 18.6 Å². The second-order valence-electron chi connectivity index (χ2n) is 5.55. The van der Waals surface area contributed by atoms with Gasteiger partial charge >= 0.3 is 0 Å². The van der Waals surface area contributed by atoms with Crippen molar-refractivity contribution < 1.29 is 19.1 Å². The highest BCUT2D eigenvalue weighted by Crippen LogP contribution is 2.27. The van der Waals surface area contributed by atoms with E-state index in [1.807, 2.05) is 50.2 Å². The van der Waals surface area contributed by atoms with Crippen molar-refractivity contribution in [3.8, 4) is 11.5 Å². The van der Waals surface area contributed by atoms with Gasteiger partial charge in [-0.05, 0) is 37.6 Å². The van der Waals surface area contributed by atoms with Gasteiger partial charge in [0.15, 0.2) is 18.1 Å². The summed E-state index contributed by atoms with van der Waals surface area (Å²) in [6.45, 7) is 4.24. The van der Waals surface area contributed by atoms with Crippen molar-refractivity contribution in [2.45, 2.75) is 19.9 Å². The number of hydrogen-bond donors (Lipinski definition) is 1. The maximum atomic E-state index is 11.9. The minimum atomic E-state index is -0.234. The molecule has 0 heterocycles. The number of benzene rings is 2. The zero-order valence-electron chi connectivity index (χ0n) is 15.3. The van der Waals surface area contributed by atoms with E-state index >= 15 is 0 Å². The Kier molecular flexibility index (Phi) is 7.49. The molecule has 0 saturated carbocycles. The summed E-state index contributed by atoms with van der Waals surface area (Å²) in [5.74, 6) is 1.05. The molecule has 0 aromatic heterocycles. The van der Waals surface area contributed by atoms with Gasteiger partial charge in [0.1, 0.15) is 0 Å². The highest BCUT2D eigenvalue weighted by molar-refractivity contribution is 5.81. The van der Waals surface area contributed by atoms with Gasteiger partial charge in [0.05, 0.1) is 26.0 Å². The summed E-state index contributed by atoms with van der Waals surface area (Å²) >= 11 is 0. The smallest absolute Gasteiger partial charge is 0.261 e. The van der Waals surface area contributed by atoms with Crippen molar-refractivity contribution in [1.82, 2.24) is 5.32 Å². The second-order valence-corrected chi connectivity index (χ2v) is 5.55. The fraction of sp³-hybridized carbons (Fsp3) is 0.300. The number of nitrogens with zero attached hydrogens (tertiary/aromatic N) is 1. The van der Waals surface area contributed by atoms with Crippen molar-refractivity contribution >= 4 is 12.1 Å². The first-order valence-electron chi connectivity index (χ1n) is 8.44. The van der Waals surface area contributed by atoms with Gasteiger partial charge in [-0.3, -0.25) is 4.79 Å². The lowest BCUT2D eigenvalue weighted by molar-refractivity contribution is -0.126. The van der Waals surface area contributed by atoms with E-state index in [2.05, 4.69) is 10.5 Å². The van der Waals surface area contributed by atoms with Crippen molar-refractivity contribution in [3.05, 3.63) is 59.7 Å². The Morgan fingerprint density at radius 1 is 1.19 bits per heavy atom. The molecule has 2 aromatic rings. The zero-order valence-corrected chi connectivity index (χ0v) is 15.3. The van der Waals surface area contributed by atoms with Crippen LogP contribution in [0.1, 0.15) is 31.0 Å². The monoisotopic (exact) mass is 356 g/mol. The van der Waals surface area contributed by atoms with Crippen LogP contribution in [0.3, 0.4) is 0 Å². The number of carbonyl (C=O) groups is 1. The van der Waals surface area contributed by atoms with Crippen LogP contribution in [-0.4, -0.2) is 32.4 Å². The van der Waals surface area contributed by atoms with Crippen LogP contribution < -0.4 is 14.8 Å². The number of carbonyl (C=O) groups excluding carboxylic acids is 1. The lowest BCUT2D eigenvalue weighted by atomic mass is 10.1. The number of hydrogen-bond acceptors (Lipinski definition) is 5. The van der Waals surface area contributed by atoms with Crippen molar-refractivity contribution in [2.24, 2.45) is 5.16 Å². The Morgan fingerprint density at radius 3 is 2.65 bits per heavy atom. The molecule has 0 aliphatic rings. The van der Waals surface area contributed by atoms with Crippen LogP contribution in [0.5, 0.6) is 11.5 Å². The maximum Gasteiger partial charge on any atom is 0.261 e. The molecule has 0 saturated heterocycles. The van der Waals surface area contributed by atoms with Crippen molar-refractivity contribution in [1.29, 1.82) is 0 Å². The molecule has 2 aromatic carbocycles. The van der Waals surface area contributed by atoms with Crippen LogP contribution in [0.2, 0.25) is 0 Å². The third kappa shape index (κ3) is 5.81. The topological polar surface area (TPSA) is 69.2 Å². The van der Waals surface area contributed by atoms with Gasteiger partial charge in [0, 0.05) is 5.56 Å². The Balaban J connectivity index is 1.82. The van der Waals surface area contributed by atoms with Gasteiger partial charge in [0.25, 0.3) is 5.91 Å².